The summed E-state index contributed by atoms with van der Waals surface area (Å²) < 4.78 is 1.19. The number of pyridine rings is 2. The molecule has 0 saturated heterocycles. The average molecular weight is 833 g/mol. The van der Waals surface area contributed by atoms with Gasteiger partial charge < -0.3 is 9.97 Å². The van der Waals surface area contributed by atoms with E-state index in [4.69, 9.17) is 4.98 Å². The molecule has 0 spiro atoms. The van der Waals surface area contributed by atoms with Crippen molar-refractivity contribution in [1.29, 1.82) is 0 Å². The van der Waals surface area contributed by atoms with Gasteiger partial charge in [-0.15, -0.1) is 53.6 Å². The van der Waals surface area contributed by atoms with Crippen LogP contribution in [0, 0.1) is 12.1 Å². The maximum atomic E-state index is 4.75. The largest absolute Gasteiger partial charge is 0.305 e. The molecule has 0 amide bonds. The van der Waals surface area contributed by atoms with Crippen molar-refractivity contribution in [2.24, 2.45) is 0 Å². The van der Waals surface area contributed by atoms with Crippen LogP contribution >= 0.6 is 11.3 Å². The molecule has 0 atom stereocenters. The van der Waals surface area contributed by atoms with Crippen LogP contribution in [0.1, 0.15) is 68.9 Å². The fourth-order valence-electron chi connectivity index (χ4n) is 6.58. The minimum atomic E-state index is 0. The Kier molecular flexibility index (Phi) is 11.6. The van der Waals surface area contributed by atoms with Crippen LogP contribution in [-0.4, -0.2) is 9.97 Å². The summed E-state index contributed by atoms with van der Waals surface area (Å²) in [5.41, 5.74) is 10.7. The fraction of sp³-hybridized carbons (Fsp3) is 0.200. The van der Waals surface area contributed by atoms with Crippen molar-refractivity contribution in [3.63, 3.8) is 0 Å². The molecule has 1 fully saturated rings. The van der Waals surface area contributed by atoms with Crippen LogP contribution < -0.4 is 0 Å². The molecule has 2 nitrogen and oxygen atoms in total. The van der Waals surface area contributed by atoms with E-state index in [0.717, 1.165) is 28.4 Å². The molecule has 49 heavy (non-hydrogen) atoms. The molecule has 4 aromatic carbocycles. The van der Waals surface area contributed by atoms with Gasteiger partial charge in [0.2, 0.25) is 0 Å². The molecule has 3 heterocycles. The van der Waals surface area contributed by atoms with Crippen molar-refractivity contribution in [3.05, 3.63) is 157 Å². The number of rotatable bonds is 6. The van der Waals surface area contributed by atoms with Crippen LogP contribution in [0.25, 0.3) is 54.2 Å². The zero-order chi connectivity index (χ0) is 32.7. The number of nitrogens with zero attached hydrogens (tertiary/aromatic N) is 2. The molecule has 1 aliphatic carbocycles. The molecule has 1 radical (unpaired) electrons. The van der Waals surface area contributed by atoms with E-state index >= 15 is 0 Å². The Morgan fingerprint density at radius 3 is 2.14 bits per heavy atom. The van der Waals surface area contributed by atoms with Crippen LogP contribution in [0.2, 0.25) is 0 Å². The van der Waals surface area contributed by atoms with Crippen LogP contribution in [0.3, 0.4) is 0 Å². The fourth-order valence-corrected chi connectivity index (χ4v) is 7.68. The Balaban J connectivity index is 0.000000270. The zero-order valence-corrected chi connectivity index (χ0v) is 31.2. The Bertz CT molecular complexity index is 2030. The SMILES string of the molecule is CC(C)c1ccnc(-c2[c-]c3sc(-c4ccccc4)cc3c(-c3ccc(C4CCCCC4)cc3)c2)c1.[Ir].[c-]1ccccc1-c1ccccn1. The molecule has 4 heteroatoms. The quantitative estimate of drug-likeness (QED) is 0.156. The first kappa shape index (κ1) is 34.6. The smallest absolute Gasteiger partial charge is 0.0246 e. The van der Waals surface area contributed by atoms with Gasteiger partial charge in [-0.2, -0.15) is 11.3 Å². The maximum absolute atomic E-state index is 4.75. The van der Waals surface area contributed by atoms with E-state index < -0.39 is 0 Å². The molecular weight excluding hydrogens is 793 g/mol. The van der Waals surface area contributed by atoms with E-state index in [-0.39, 0.29) is 20.1 Å². The zero-order valence-electron chi connectivity index (χ0n) is 28.0. The minimum Gasteiger partial charge on any atom is -0.305 e. The molecule has 0 N–H and O–H groups in total. The summed E-state index contributed by atoms with van der Waals surface area (Å²) in [5.74, 6) is 1.19. The third-order valence-electron chi connectivity index (χ3n) is 9.29. The summed E-state index contributed by atoms with van der Waals surface area (Å²) in [6.45, 7) is 4.47. The van der Waals surface area contributed by atoms with Crippen LogP contribution in [-0.2, 0) is 20.1 Å². The number of hydrogen-bond donors (Lipinski definition) is 0. The van der Waals surface area contributed by atoms with Gasteiger partial charge in [0.05, 0.1) is 0 Å². The number of benzene rings is 4. The monoisotopic (exact) mass is 833 g/mol. The van der Waals surface area contributed by atoms with Crippen molar-refractivity contribution in [3.8, 4) is 44.1 Å². The van der Waals surface area contributed by atoms with Gasteiger partial charge in [0.25, 0.3) is 0 Å². The topological polar surface area (TPSA) is 25.8 Å². The first-order valence-electron chi connectivity index (χ1n) is 17.1. The second-order valence-electron chi connectivity index (χ2n) is 12.9. The molecule has 0 bridgehead atoms. The van der Waals surface area contributed by atoms with E-state index in [2.05, 4.69) is 110 Å². The van der Waals surface area contributed by atoms with E-state index in [9.17, 15) is 0 Å². The predicted octanol–water partition coefficient (Wildman–Crippen LogP) is 12.8. The summed E-state index contributed by atoms with van der Waals surface area (Å²) in [5, 5.41) is 1.27. The number of hydrogen-bond acceptors (Lipinski definition) is 3. The van der Waals surface area contributed by atoms with Crippen molar-refractivity contribution >= 4 is 21.4 Å². The van der Waals surface area contributed by atoms with Crippen molar-refractivity contribution in [1.82, 2.24) is 9.97 Å². The molecule has 3 aromatic heterocycles. The second kappa shape index (κ2) is 16.5. The molecule has 7 aromatic rings. The number of thiophene rings is 1. The van der Waals surface area contributed by atoms with Gasteiger partial charge >= 0.3 is 0 Å². The van der Waals surface area contributed by atoms with Gasteiger partial charge in [-0.05, 0) is 69.6 Å². The third kappa shape index (κ3) is 8.33. The molecule has 8 rings (SSSR count). The second-order valence-corrected chi connectivity index (χ2v) is 13.9. The van der Waals surface area contributed by atoms with E-state index in [1.54, 1.807) is 6.20 Å². The summed E-state index contributed by atoms with van der Waals surface area (Å²) in [6, 6.07) is 49.6. The molecule has 1 aliphatic rings. The van der Waals surface area contributed by atoms with Gasteiger partial charge in [0.15, 0.2) is 0 Å². The van der Waals surface area contributed by atoms with Crippen molar-refractivity contribution in [2.75, 3.05) is 0 Å². The average Bonchev–Trinajstić information content (AvgIpc) is 3.61. The summed E-state index contributed by atoms with van der Waals surface area (Å²) in [6.07, 6.45) is 10.5. The standard InChI is InChI=1S/C34H32NS.C11H8N.Ir/c1-23(2)28-17-18-35-32(20-28)29-19-30(26-15-13-25(14-16-26)24-9-5-3-6-10-24)31-22-33(36-34(31)21-29)27-11-7-4-8-12-27;1-2-6-10(7-3-1)11-8-4-5-9-12-11;/h4,7-8,11-20,22-24H,3,5-6,9-10H2,1-2H3;1-6,8-9H;/q2*-1;. The summed E-state index contributed by atoms with van der Waals surface area (Å²) >= 11 is 1.82. The molecule has 247 valence electrons. The van der Waals surface area contributed by atoms with Crippen LogP contribution in [0.4, 0.5) is 0 Å². The van der Waals surface area contributed by atoms with E-state index in [0.29, 0.717) is 5.92 Å². The van der Waals surface area contributed by atoms with Crippen molar-refractivity contribution in [2.45, 2.75) is 57.8 Å². The normalized spacial score (nSPS) is 13.0. The molecule has 1 saturated carbocycles. The predicted molar refractivity (Wildman–Crippen MR) is 203 cm³/mol. The van der Waals surface area contributed by atoms with Crippen LogP contribution in [0.15, 0.2) is 134 Å². The van der Waals surface area contributed by atoms with E-state index in [1.807, 2.05) is 60.0 Å². The Hall–Kier alpha value is -4.21. The van der Waals surface area contributed by atoms with Crippen molar-refractivity contribution < 1.29 is 20.1 Å². The van der Waals surface area contributed by atoms with E-state index in [1.165, 1.54) is 74.9 Å². The first-order chi connectivity index (χ1) is 23.6. The first-order valence-corrected chi connectivity index (χ1v) is 17.9. The molecule has 0 aliphatic heterocycles. The number of aromatic nitrogens is 2. The van der Waals surface area contributed by atoms with Crippen LogP contribution in [0.5, 0.6) is 0 Å². The summed E-state index contributed by atoms with van der Waals surface area (Å²) in [4.78, 5) is 10.2. The van der Waals surface area contributed by atoms with Gasteiger partial charge in [-0.1, -0.05) is 128 Å². The Morgan fingerprint density at radius 1 is 0.673 bits per heavy atom. The molecule has 0 unspecified atom stereocenters. The van der Waals surface area contributed by atoms with Gasteiger partial charge in [-0.25, -0.2) is 0 Å². The number of fused-ring (bicyclic) bond motifs is 1. The third-order valence-corrected chi connectivity index (χ3v) is 10.4. The summed E-state index contributed by atoms with van der Waals surface area (Å²) in [7, 11) is 0. The minimum absolute atomic E-state index is 0. The Labute approximate surface area is 308 Å². The van der Waals surface area contributed by atoms with Gasteiger partial charge in [0, 0.05) is 37.4 Å². The maximum Gasteiger partial charge on any atom is 0.0246 e. The van der Waals surface area contributed by atoms with Gasteiger partial charge in [0.1, 0.15) is 0 Å². The Morgan fingerprint density at radius 2 is 1.43 bits per heavy atom. The molecular formula is C45H40IrN2S-2. The van der Waals surface area contributed by atoms with Gasteiger partial charge in [-0.3, -0.25) is 0 Å².